The monoisotopic (exact) mass is 521 g/mol. The molecule has 3 atom stereocenters. The van der Waals surface area contributed by atoms with Crippen LogP contribution in [0, 0.1) is 5.41 Å². The van der Waals surface area contributed by atoms with Gasteiger partial charge in [-0.3, -0.25) is 14.4 Å². The predicted molar refractivity (Wildman–Crippen MR) is 138 cm³/mol. The van der Waals surface area contributed by atoms with Crippen molar-refractivity contribution in [1.29, 1.82) is 0 Å². The van der Waals surface area contributed by atoms with Gasteiger partial charge in [-0.25, -0.2) is 0 Å². The van der Waals surface area contributed by atoms with Crippen molar-refractivity contribution < 1.29 is 14.4 Å². The van der Waals surface area contributed by atoms with Gasteiger partial charge in [0, 0.05) is 37.8 Å². The van der Waals surface area contributed by atoms with Gasteiger partial charge < -0.3 is 4.90 Å². The number of halogens is 3. The van der Waals surface area contributed by atoms with Crippen molar-refractivity contribution in [3.8, 4) is 0 Å². The Hall–Kier alpha value is -2.92. The molecule has 35 heavy (non-hydrogen) atoms. The van der Waals surface area contributed by atoms with Gasteiger partial charge in [-0.2, -0.15) is 0 Å². The molecule has 3 aromatic rings. The fourth-order valence-corrected chi connectivity index (χ4v) is 6.90. The fraction of sp³-hybridized carbons (Fsp3) is 0.179. The van der Waals surface area contributed by atoms with E-state index in [1.165, 1.54) is 6.92 Å². The molecule has 2 aliphatic heterocycles. The standard InChI is InChI=1S/C28H18Cl3NO3/c1-14(33)25-24(20-9-7-17(30)13-21(20)31)28(26(34)18-4-2-3-5-19(18)27(28)35)23-11-6-15-12-16(29)8-10-22(15)32(23)25/h2-13,23-25H,1H3/t23-,24-,25-/m1/s1. The Balaban J connectivity index is 1.70. The fourth-order valence-electron chi connectivity index (χ4n) is 6.20. The molecule has 0 bridgehead atoms. The number of fused-ring (bicyclic) bond motifs is 5. The van der Waals surface area contributed by atoms with Crippen LogP contribution in [0.3, 0.4) is 0 Å². The van der Waals surface area contributed by atoms with E-state index in [-0.39, 0.29) is 17.3 Å². The number of benzene rings is 3. The number of carbonyl (C=O) groups is 3. The number of hydrogen-bond donors (Lipinski definition) is 0. The first-order valence-corrected chi connectivity index (χ1v) is 12.3. The number of nitrogens with zero attached hydrogens (tertiary/aromatic N) is 1. The minimum atomic E-state index is -1.56. The van der Waals surface area contributed by atoms with Crippen molar-refractivity contribution >= 4 is 63.9 Å². The second kappa shape index (κ2) is 7.79. The third-order valence-electron chi connectivity index (χ3n) is 7.48. The van der Waals surface area contributed by atoms with Gasteiger partial charge in [0.1, 0.15) is 5.41 Å². The van der Waals surface area contributed by atoms with Gasteiger partial charge in [-0.05, 0) is 48.4 Å². The zero-order chi connectivity index (χ0) is 24.6. The lowest BCUT2D eigenvalue weighted by molar-refractivity contribution is -0.118. The van der Waals surface area contributed by atoms with Gasteiger partial charge >= 0.3 is 0 Å². The van der Waals surface area contributed by atoms with Gasteiger partial charge in [0.25, 0.3) is 0 Å². The zero-order valence-electron chi connectivity index (χ0n) is 18.5. The first-order chi connectivity index (χ1) is 16.8. The van der Waals surface area contributed by atoms with Crippen LogP contribution in [0.1, 0.15) is 44.7 Å². The van der Waals surface area contributed by atoms with Crippen molar-refractivity contribution in [2.24, 2.45) is 5.41 Å². The molecule has 0 amide bonds. The highest BCUT2D eigenvalue weighted by Crippen LogP contribution is 2.61. The normalized spacial score (nSPS) is 23.4. The van der Waals surface area contributed by atoms with Crippen LogP contribution in [0.2, 0.25) is 15.1 Å². The van der Waals surface area contributed by atoms with Crippen LogP contribution < -0.4 is 4.90 Å². The van der Waals surface area contributed by atoms with Crippen LogP contribution in [-0.2, 0) is 4.79 Å². The van der Waals surface area contributed by atoms with E-state index in [0.29, 0.717) is 31.8 Å². The van der Waals surface area contributed by atoms with E-state index in [9.17, 15) is 14.4 Å². The first-order valence-electron chi connectivity index (χ1n) is 11.2. The molecule has 3 aliphatic rings. The third kappa shape index (κ3) is 2.91. The Bertz CT molecular complexity index is 1460. The van der Waals surface area contributed by atoms with Gasteiger partial charge in [0.15, 0.2) is 17.3 Å². The molecular formula is C28H18Cl3NO3. The van der Waals surface area contributed by atoms with Gasteiger partial charge in [0.2, 0.25) is 0 Å². The van der Waals surface area contributed by atoms with Crippen LogP contribution >= 0.6 is 34.8 Å². The highest BCUT2D eigenvalue weighted by atomic mass is 35.5. The summed E-state index contributed by atoms with van der Waals surface area (Å²) in [4.78, 5) is 43.9. The molecule has 174 valence electrons. The Morgan fingerprint density at radius 3 is 2.14 bits per heavy atom. The van der Waals surface area contributed by atoms with Crippen LogP contribution in [0.5, 0.6) is 0 Å². The summed E-state index contributed by atoms with van der Waals surface area (Å²) in [5.74, 6) is -1.59. The second-order valence-corrected chi connectivity index (χ2v) is 10.5. The number of ketones is 3. The lowest BCUT2D eigenvalue weighted by Crippen LogP contribution is -2.48. The SMILES string of the molecule is CC(=O)[C@@H]1[C@@H](c2ccc(Cl)cc2Cl)C2(C(=O)c3ccccc3C2=O)[C@H]2C=Cc3cc(Cl)ccc3N12. The van der Waals surface area contributed by atoms with E-state index >= 15 is 0 Å². The maximum atomic E-state index is 14.3. The van der Waals surface area contributed by atoms with Crippen LogP contribution in [0.15, 0.2) is 66.7 Å². The molecule has 1 fully saturated rings. The molecule has 0 unspecified atom stereocenters. The van der Waals surface area contributed by atoms with Gasteiger partial charge in [-0.15, -0.1) is 0 Å². The van der Waals surface area contributed by atoms with Crippen molar-refractivity contribution in [2.45, 2.75) is 24.9 Å². The van der Waals surface area contributed by atoms with E-state index < -0.39 is 23.4 Å². The second-order valence-electron chi connectivity index (χ2n) is 9.19. The van der Waals surface area contributed by atoms with Crippen molar-refractivity contribution in [2.75, 3.05) is 4.90 Å². The minimum Gasteiger partial charge on any atom is -0.352 e. The number of carbonyl (C=O) groups excluding carboxylic acids is 3. The van der Waals surface area contributed by atoms with E-state index in [2.05, 4.69) is 0 Å². The van der Waals surface area contributed by atoms with E-state index in [4.69, 9.17) is 34.8 Å². The number of rotatable bonds is 2. The summed E-state index contributed by atoms with van der Waals surface area (Å²) in [7, 11) is 0. The summed E-state index contributed by atoms with van der Waals surface area (Å²) in [5.41, 5.74) is 1.27. The Morgan fingerprint density at radius 2 is 1.51 bits per heavy atom. The summed E-state index contributed by atoms with van der Waals surface area (Å²) in [5, 5.41) is 1.29. The lowest BCUT2D eigenvalue weighted by atomic mass is 9.64. The maximum Gasteiger partial charge on any atom is 0.180 e. The molecule has 2 heterocycles. The molecule has 0 saturated carbocycles. The molecule has 0 radical (unpaired) electrons. The van der Waals surface area contributed by atoms with Crippen molar-refractivity contribution in [3.05, 3.63) is 104 Å². The van der Waals surface area contributed by atoms with E-state index in [1.54, 1.807) is 48.5 Å². The molecule has 0 N–H and O–H groups in total. The summed E-state index contributed by atoms with van der Waals surface area (Å²) < 4.78 is 0. The molecule has 7 heteroatoms. The molecule has 4 nitrogen and oxygen atoms in total. The smallest absolute Gasteiger partial charge is 0.180 e. The average molecular weight is 523 g/mol. The van der Waals surface area contributed by atoms with Crippen LogP contribution in [-0.4, -0.2) is 29.4 Å². The Labute approximate surface area is 217 Å². The number of Topliss-reactive ketones (excluding diaryl/α,β-unsaturated/α-hetero) is 3. The number of anilines is 1. The molecule has 0 aromatic heterocycles. The summed E-state index contributed by atoms with van der Waals surface area (Å²) in [6, 6.07) is 15.7. The van der Waals surface area contributed by atoms with E-state index in [1.807, 2.05) is 29.2 Å². The highest BCUT2D eigenvalue weighted by molar-refractivity contribution is 6.36. The predicted octanol–water partition coefficient (Wildman–Crippen LogP) is 6.67. The first kappa shape index (κ1) is 22.5. The third-order valence-corrected chi connectivity index (χ3v) is 8.28. The lowest BCUT2D eigenvalue weighted by Gasteiger charge is -2.37. The highest BCUT2D eigenvalue weighted by Gasteiger charge is 2.71. The van der Waals surface area contributed by atoms with Gasteiger partial charge in [0.05, 0.1) is 12.1 Å². The van der Waals surface area contributed by atoms with Crippen molar-refractivity contribution in [1.82, 2.24) is 0 Å². The van der Waals surface area contributed by atoms with Crippen molar-refractivity contribution in [3.63, 3.8) is 0 Å². The average Bonchev–Trinajstić information content (AvgIpc) is 3.26. The summed E-state index contributed by atoms with van der Waals surface area (Å²) in [6.45, 7) is 1.49. The zero-order valence-corrected chi connectivity index (χ0v) is 20.7. The Kier molecular flexibility index (Phi) is 5.02. The molecular weight excluding hydrogens is 505 g/mol. The maximum absolute atomic E-state index is 14.3. The molecule has 1 aliphatic carbocycles. The molecule has 1 saturated heterocycles. The minimum absolute atomic E-state index is 0.171. The van der Waals surface area contributed by atoms with E-state index in [0.717, 1.165) is 11.3 Å². The molecule has 6 rings (SSSR count). The topological polar surface area (TPSA) is 54.5 Å². The summed E-state index contributed by atoms with van der Waals surface area (Å²) in [6.07, 6.45) is 3.72. The Morgan fingerprint density at radius 1 is 0.886 bits per heavy atom. The summed E-state index contributed by atoms with van der Waals surface area (Å²) >= 11 is 19.1. The largest absolute Gasteiger partial charge is 0.352 e. The quantitative estimate of drug-likeness (QED) is 0.353. The van der Waals surface area contributed by atoms with Crippen LogP contribution in [0.4, 0.5) is 5.69 Å². The number of hydrogen-bond acceptors (Lipinski definition) is 4. The molecule has 1 spiro atoms. The van der Waals surface area contributed by atoms with Crippen LogP contribution in [0.25, 0.3) is 6.08 Å². The molecule has 3 aromatic carbocycles. The van der Waals surface area contributed by atoms with Gasteiger partial charge in [-0.1, -0.05) is 77.3 Å².